The molecule has 0 atom stereocenters. The van der Waals surface area contributed by atoms with E-state index in [2.05, 4.69) is 5.32 Å². The quantitative estimate of drug-likeness (QED) is 0.758. The molecule has 1 N–H and O–H groups in total. The average molecular weight is 213 g/mol. The number of aryl methyl sites for hydroxylation is 1. The molecule has 0 unspecified atom stereocenters. The Balaban J connectivity index is 2.12. The van der Waals surface area contributed by atoms with Crippen molar-refractivity contribution in [2.24, 2.45) is 7.05 Å². The fraction of sp³-hybridized carbons (Fsp3) is 0.0769. The molecule has 1 heterocycles. The number of rotatable bonds is 2. The summed E-state index contributed by atoms with van der Waals surface area (Å²) in [6.45, 7) is 0. The smallest absolute Gasteiger partial charge is 0.256 e. The number of carbonyl (C=O) groups excluding carboxylic acids is 1. The average Bonchev–Trinajstić information content (AvgIpc) is 2.31. The van der Waals surface area contributed by atoms with Crippen LogP contribution in [-0.4, -0.2) is 5.91 Å². The van der Waals surface area contributed by atoms with E-state index in [1.807, 2.05) is 54.3 Å². The van der Waals surface area contributed by atoms with E-state index in [1.54, 1.807) is 12.1 Å². The number of aromatic nitrogens is 1. The van der Waals surface area contributed by atoms with Crippen LogP contribution in [0.2, 0.25) is 0 Å². The zero-order chi connectivity index (χ0) is 11.4. The van der Waals surface area contributed by atoms with Gasteiger partial charge in [-0.25, -0.2) is 4.57 Å². The Morgan fingerprint density at radius 2 is 1.69 bits per heavy atom. The topological polar surface area (TPSA) is 33.0 Å². The number of anilines is 1. The van der Waals surface area contributed by atoms with Crippen LogP contribution in [0.25, 0.3) is 0 Å². The van der Waals surface area contributed by atoms with Crippen molar-refractivity contribution in [1.82, 2.24) is 0 Å². The third kappa shape index (κ3) is 2.45. The van der Waals surface area contributed by atoms with E-state index in [4.69, 9.17) is 0 Å². The van der Waals surface area contributed by atoms with Gasteiger partial charge in [-0.2, -0.15) is 0 Å². The minimum Gasteiger partial charge on any atom is -0.322 e. The van der Waals surface area contributed by atoms with Gasteiger partial charge in [-0.1, -0.05) is 18.2 Å². The van der Waals surface area contributed by atoms with Gasteiger partial charge in [-0.3, -0.25) is 4.79 Å². The lowest BCUT2D eigenvalue weighted by molar-refractivity contribution is -0.671. The van der Waals surface area contributed by atoms with Crippen LogP contribution in [0.1, 0.15) is 10.4 Å². The number of benzene rings is 1. The molecule has 2 aromatic rings. The first-order valence-electron chi connectivity index (χ1n) is 5.07. The summed E-state index contributed by atoms with van der Waals surface area (Å²) < 4.78 is 1.89. The van der Waals surface area contributed by atoms with Crippen LogP contribution in [0.3, 0.4) is 0 Å². The highest BCUT2D eigenvalue weighted by molar-refractivity contribution is 6.04. The van der Waals surface area contributed by atoms with E-state index in [1.165, 1.54) is 0 Å². The first-order chi connectivity index (χ1) is 7.75. The zero-order valence-corrected chi connectivity index (χ0v) is 9.05. The summed E-state index contributed by atoms with van der Waals surface area (Å²) in [7, 11) is 1.92. The molecule has 0 aliphatic carbocycles. The molecule has 1 aromatic heterocycles. The van der Waals surface area contributed by atoms with Crippen molar-refractivity contribution in [2.45, 2.75) is 0 Å². The predicted molar refractivity (Wildman–Crippen MR) is 62.0 cm³/mol. The molecule has 0 bridgehead atoms. The Labute approximate surface area is 94.4 Å². The normalized spacial score (nSPS) is 9.81. The van der Waals surface area contributed by atoms with Crippen molar-refractivity contribution in [3.05, 3.63) is 60.4 Å². The molecule has 1 aromatic carbocycles. The molecule has 0 saturated carbocycles. The third-order valence-electron chi connectivity index (χ3n) is 2.27. The van der Waals surface area contributed by atoms with Crippen LogP contribution in [0.5, 0.6) is 0 Å². The molecule has 0 aliphatic heterocycles. The zero-order valence-electron chi connectivity index (χ0n) is 9.05. The molecule has 0 saturated heterocycles. The van der Waals surface area contributed by atoms with Gasteiger partial charge in [0.05, 0.1) is 5.56 Å². The molecule has 0 radical (unpaired) electrons. The first-order valence-corrected chi connectivity index (χ1v) is 5.07. The second kappa shape index (κ2) is 4.57. The first kappa shape index (κ1) is 10.4. The summed E-state index contributed by atoms with van der Waals surface area (Å²) in [6, 6.07) is 13.0. The number of nitrogens with zero attached hydrogens (tertiary/aromatic N) is 1. The summed E-state index contributed by atoms with van der Waals surface area (Å²) >= 11 is 0. The lowest BCUT2D eigenvalue weighted by atomic mass is 10.2. The molecular weight excluding hydrogens is 200 g/mol. The second-order valence-electron chi connectivity index (χ2n) is 3.57. The molecule has 0 fully saturated rings. The highest BCUT2D eigenvalue weighted by atomic mass is 16.1. The Bertz CT molecular complexity index is 477. The minimum atomic E-state index is -0.0909. The molecule has 3 nitrogen and oxygen atoms in total. The summed E-state index contributed by atoms with van der Waals surface area (Å²) in [5.74, 6) is -0.0909. The van der Waals surface area contributed by atoms with E-state index in [-0.39, 0.29) is 5.91 Å². The lowest BCUT2D eigenvalue weighted by Crippen LogP contribution is -2.27. The molecule has 0 aliphatic rings. The summed E-state index contributed by atoms with van der Waals surface area (Å²) in [5, 5.41) is 2.83. The van der Waals surface area contributed by atoms with Crippen LogP contribution < -0.4 is 9.88 Å². The highest BCUT2D eigenvalue weighted by Gasteiger charge is 2.06. The van der Waals surface area contributed by atoms with Gasteiger partial charge in [0, 0.05) is 17.8 Å². The fourth-order valence-electron chi connectivity index (χ4n) is 1.38. The number of nitrogens with one attached hydrogen (secondary N) is 1. The number of pyridine rings is 1. The molecule has 3 heteroatoms. The Morgan fingerprint density at radius 3 is 2.31 bits per heavy atom. The van der Waals surface area contributed by atoms with Crippen LogP contribution in [0, 0.1) is 0 Å². The van der Waals surface area contributed by atoms with Gasteiger partial charge in [0.1, 0.15) is 7.05 Å². The number of amides is 1. The van der Waals surface area contributed by atoms with Crippen molar-refractivity contribution < 1.29 is 9.36 Å². The van der Waals surface area contributed by atoms with Gasteiger partial charge >= 0.3 is 0 Å². The van der Waals surface area contributed by atoms with Crippen molar-refractivity contribution in [2.75, 3.05) is 5.32 Å². The van der Waals surface area contributed by atoms with Gasteiger partial charge in [0.25, 0.3) is 5.91 Å². The van der Waals surface area contributed by atoms with E-state index < -0.39 is 0 Å². The van der Waals surface area contributed by atoms with E-state index in [9.17, 15) is 4.79 Å². The number of hydrogen-bond donors (Lipinski definition) is 1. The Morgan fingerprint density at radius 1 is 1.06 bits per heavy atom. The van der Waals surface area contributed by atoms with Gasteiger partial charge < -0.3 is 5.32 Å². The monoisotopic (exact) mass is 213 g/mol. The molecule has 2 rings (SSSR count). The molecule has 16 heavy (non-hydrogen) atoms. The van der Waals surface area contributed by atoms with Crippen molar-refractivity contribution in [1.29, 1.82) is 0 Å². The van der Waals surface area contributed by atoms with Crippen molar-refractivity contribution >= 4 is 11.6 Å². The second-order valence-corrected chi connectivity index (χ2v) is 3.57. The van der Waals surface area contributed by atoms with Crippen LogP contribution in [0.15, 0.2) is 54.9 Å². The van der Waals surface area contributed by atoms with Crippen LogP contribution in [-0.2, 0) is 7.05 Å². The molecule has 80 valence electrons. The fourth-order valence-corrected chi connectivity index (χ4v) is 1.38. The number of para-hydroxylation sites is 1. The minimum absolute atomic E-state index is 0.0909. The summed E-state index contributed by atoms with van der Waals surface area (Å²) in [4.78, 5) is 11.8. The van der Waals surface area contributed by atoms with Gasteiger partial charge in [0.2, 0.25) is 0 Å². The van der Waals surface area contributed by atoms with E-state index >= 15 is 0 Å². The largest absolute Gasteiger partial charge is 0.322 e. The third-order valence-corrected chi connectivity index (χ3v) is 2.27. The van der Waals surface area contributed by atoms with E-state index in [0.717, 1.165) is 5.69 Å². The molecule has 0 spiro atoms. The van der Waals surface area contributed by atoms with Crippen LogP contribution in [0.4, 0.5) is 5.69 Å². The number of hydrogen-bond acceptors (Lipinski definition) is 1. The molecular formula is C13H13N2O+. The maximum atomic E-state index is 11.8. The Hall–Kier alpha value is -2.16. The van der Waals surface area contributed by atoms with E-state index in [0.29, 0.717) is 5.56 Å². The lowest BCUT2D eigenvalue weighted by Gasteiger charge is -2.03. The summed E-state index contributed by atoms with van der Waals surface area (Å²) in [5.41, 5.74) is 1.46. The standard InChI is InChI=1S/C13H12N2O/c1-15-9-7-11(8-10-15)13(16)14-12-5-3-2-4-6-12/h2-10H,1H3/p+1. The van der Waals surface area contributed by atoms with Crippen molar-refractivity contribution in [3.63, 3.8) is 0 Å². The van der Waals surface area contributed by atoms with Gasteiger partial charge in [0.15, 0.2) is 12.4 Å². The van der Waals surface area contributed by atoms with Crippen molar-refractivity contribution in [3.8, 4) is 0 Å². The number of carbonyl (C=O) groups is 1. The van der Waals surface area contributed by atoms with Crippen LogP contribution >= 0.6 is 0 Å². The SMILES string of the molecule is C[n+]1ccc(C(=O)Nc2ccccc2)cc1. The van der Waals surface area contributed by atoms with Gasteiger partial charge in [-0.05, 0) is 12.1 Å². The van der Waals surface area contributed by atoms with Gasteiger partial charge in [-0.15, -0.1) is 0 Å². The Kier molecular flexibility index (Phi) is 2.96. The predicted octanol–water partition coefficient (Wildman–Crippen LogP) is 1.76. The summed E-state index contributed by atoms with van der Waals surface area (Å²) in [6.07, 6.45) is 3.69. The maximum absolute atomic E-state index is 11.8. The highest BCUT2D eigenvalue weighted by Crippen LogP contribution is 2.07. The maximum Gasteiger partial charge on any atom is 0.256 e. The molecule has 1 amide bonds.